The zero-order valence-corrected chi connectivity index (χ0v) is 14.8. The van der Waals surface area contributed by atoms with Gasteiger partial charge in [0.2, 0.25) is 5.91 Å². The van der Waals surface area contributed by atoms with Crippen molar-refractivity contribution in [2.45, 2.75) is 89.3 Å². The van der Waals surface area contributed by atoms with E-state index in [-0.39, 0.29) is 6.61 Å². The van der Waals surface area contributed by atoms with Gasteiger partial charge in [0.05, 0.1) is 6.54 Å². The molecule has 0 spiro atoms. The minimum atomic E-state index is 0.271. The molecule has 0 aromatic rings. The number of likely N-dealkylation sites (tertiary alicyclic amines) is 1. The summed E-state index contributed by atoms with van der Waals surface area (Å²) >= 11 is 0. The first-order valence-corrected chi connectivity index (χ1v) is 9.85. The van der Waals surface area contributed by atoms with Gasteiger partial charge in [0, 0.05) is 24.7 Å². The smallest absolute Gasteiger partial charge is 0.237 e. The van der Waals surface area contributed by atoms with Gasteiger partial charge in [-0.15, -0.1) is 0 Å². The molecule has 1 aliphatic heterocycles. The number of hydrogen-bond acceptors (Lipinski definition) is 3. The van der Waals surface area contributed by atoms with Crippen LogP contribution in [0.5, 0.6) is 0 Å². The second-order valence-corrected chi connectivity index (χ2v) is 8.08. The maximum Gasteiger partial charge on any atom is 0.237 e. The van der Waals surface area contributed by atoms with E-state index in [0.29, 0.717) is 30.6 Å². The number of rotatable bonds is 7. The largest absolute Gasteiger partial charge is 0.396 e. The van der Waals surface area contributed by atoms with Crippen molar-refractivity contribution >= 4 is 5.91 Å². The molecule has 3 rings (SSSR count). The number of aliphatic hydroxyl groups is 1. The fourth-order valence-corrected chi connectivity index (χ4v) is 4.59. The normalized spacial score (nSPS) is 32.2. The molecule has 0 aromatic heterocycles. The fourth-order valence-electron chi connectivity index (χ4n) is 4.59. The molecular weight excluding hydrogens is 288 g/mol. The van der Waals surface area contributed by atoms with Gasteiger partial charge >= 0.3 is 0 Å². The van der Waals surface area contributed by atoms with E-state index in [1.54, 1.807) is 0 Å². The number of carbonyl (C=O) groups excluding carboxylic acids is 1. The number of amides is 1. The third-order valence-corrected chi connectivity index (χ3v) is 6.14. The average Bonchev–Trinajstić information content (AvgIpc) is 3.28. The lowest BCUT2D eigenvalue weighted by Crippen LogP contribution is -2.48. The van der Waals surface area contributed by atoms with Gasteiger partial charge in [-0.2, -0.15) is 0 Å². The molecular formula is C19H34N2O2. The van der Waals surface area contributed by atoms with E-state index < -0.39 is 0 Å². The predicted octanol–water partition coefficient (Wildman–Crippen LogP) is 2.79. The van der Waals surface area contributed by atoms with Gasteiger partial charge in [-0.3, -0.25) is 9.69 Å². The van der Waals surface area contributed by atoms with E-state index in [0.717, 1.165) is 25.3 Å². The van der Waals surface area contributed by atoms with E-state index in [1.807, 2.05) is 0 Å². The van der Waals surface area contributed by atoms with Crippen molar-refractivity contribution in [1.29, 1.82) is 0 Å². The van der Waals surface area contributed by atoms with E-state index in [4.69, 9.17) is 5.11 Å². The molecule has 0 bridgehead atoms. The van der Waals surface area contributed by atoms with Crippen LogP contribution < -0.4 is 0 Å². The predicted molar refractivity (Wildman–Crippen MR) is 92.2 cm³/mol. The maximum absolute atomic E-state index is 13.0. The summed E-state index contributed by atoms with van der Waals surface area (Å²) in [7, 11) is 0. The minimum absolute atomic E-state index is 0.271. The van der Waals surface area contributed by atoms with Crippen LogP contribution in [-0.2, 0) is 4.79 Å². The van der Waals surface area contributed by atoms with Crippen LogP contribution in [0.4, 0.5) is 0 Å². The van der Waals surface area contributed by atoms with Gasteiger partial charge in [0.15, 0.2) is 0 Å². The molecule has 2 aliphatic carbocycles. The van der Waals surface area contributed by atoms with Crippen molar-refractivity contribution in [2.24, 2.45) is 5.92 Å². The lowest BCUT2D eigenvalue weighted by molar-refractivity contribution is -0.136. The average molecular weight is 322 g/mol. The third kappa shape index (κ3) is 4.48. The molecule has 4 nitrogen and oxygen atoms in total. The molecule has 1 saturated heterocycles. The van der Waals surface area contributed by atoms with E-state index >= 15 is 0 Å². The topological polar surface area (TPSA) is 43.8 Å². The summed E-state index contributed by atoms with van der Waals surface area (Å²) in [6, 6.07) is 1.56. The molecule has 0 aromatic carbocycles. The highest BCUT2D eigenvalue weighted by Gasteiger charge is 2.39. The first-order chi connectivity index (χ1) is 11.2. The first-order valence-electron chi connectivity index (χ1n) is 9.85. The van der Waals surface area contributed by atoms with Crippen LogP contribution >= 0.6 is 0 Å². The van der Waals surface area contributed by atoms with Gasteiger partial charge in [0.1, 0.15) is 0 Å². The van der Waals surface area contributed by atoms with Crippen molar-refractivity contribution in [2.75, 3.05) is 19.7 Å². The molecule has 1 amide bonds. The van der Waals surface area contributed by atoms with E-state index in [1.165, 1.54) is 51.4 Å². The lowest BCUT2D eigenvalue weighted by Gasteiger charge is -2.38. The van der Waals surface area contributed by atoms with Gasteiger partial charge in [-0.05, 0) is 76.7 Å². The Bertz CT molecular complexity index is 389. The second kappa shape index (κ2) is 7.98. The summed E-state index contributed by atoms with van der Waals surface area (Å²) in [6.45, 7) is 4.28. The quantitative estimate of drug-likeness (QED) is 0.784. The molecule has 0 radical (unpaired) electrons. The van der Waals surface area contributed by atoms with Crippen LogP contribution in [0.1, 0.15) is 71.1 Å². The van der Waals surface area contributed by atoms with Crippen molar-refractivity contribution < 1.29 is 9.90 Å². The number of carbonyl (C=O) groups is 1. The Balaban J connectivity index is 1.56. The van der Waals surface area contributed by atoms with E-state index in [9.17, 15) is 4.79 Å². The minimum Gasteiger partial charge on any atom is -0.396 e. The van der Waals surface area contributed by atoms with Gasteiger partial charge < -0.3 is 10.0 Å². The Morgan fingerprint density at radius 2 is 1.74 bits per heavy atom. The number of nitrogens with zero attached hydrogens (tertiary/aromatic N) is 2. The Morgan fingerprint density at radius 3 is 2.35 bits per heavy atom. The Labute approximate surface area is 141 Å². The standard InChI is InChI=1S/C19H34N2O2/c1-15-6-8-17(9-7-15)21(18-10-11-18)19(23)14-20-12-2-4-16(20)5-3-13-22/h15-18,22H,2-14H2,1H3. The molecule has 132 valence electrons. The number of hydrogen-bond donors (Lipinski definition) is 1. The van der Waals surface area contributed by atoms with Crippen LogP contribution in [0.25, 0.3) is 0 Å². The van der Waals surface area contributed by atoms with Crippen molar-refractivity contribution in [3.8, 4) is 0 Å². The fraction of sp³-hybridized carbons (Fsp3) is 0.947. The van der Waals surface area contributed by atoms with Crippen molar-refractivity contribution in [3.05, 3.63) is 0 Å². The Kier molecular flexibility index (Phi) is 5.97. The van der Waals surface area contributed by atoms with Gasteiger partial charge in [-0.25, -0.2) is 0 Å². The van der Waals surface area contributed by atoms with Crippen molar-refractivity contribution in [3.63, 3.8) is 0 Å². The SMILES string of the molecule is CC1CCC(N(C(=O)CN2CCCC2CCCO)C2CC2)CC1. The molecule has 4 heteroatoms. The summed E-state index contributed by atoms with van der Waals surface area (Å²) in [4.78, 5) is 17.7. The summed E-state index contributed by atoms with van der Waals surface area (Å²) in [5.41, 5.74) is 0. The van der Waals surface area contributed by atoms with Crippen LogP contribution in [0.2, 0.25) is 0 Å². The van der Waals surface area contributed by atoms with E-state index in [2.05, 4.69) is 16.7 Å². The molecule has 23 heavy (non-hydrogen) atoms. The highest BCUT2D eigenvalue weighted by molar-refractivity contribution is 5.79. The zero-order valence-electron chi connectivity index (χ0n) is 14.8. The highest BCUT2D eigenvalue weighted by atomic mass is 16.3. The summed E-state index contributed by atoms with van der Waals surface area (Å²) in [6.07, 6.45) is 11.7. The molecule has 1 unspecified atom stereocenters. The maximum atomic E-state index is 13.0. The monoisotopic (exact) mass is 322 g/mol. The molecule has 1 heterocycles. The molecule has 1 N–H and O–H groups in total. The summed E-state index contributed by atoms with van der Waals surface area (Å²) in [5.74, 6) is 1.21. The molecule has 3 aliphatic rings. The van der Waals surface area contributed by atoms with Crippen LogP contribution in [0.3, 0.4) is 0 Å². The lowest BCUT2D eigenvalue weighted by atomic mass is 9.86. The second-order valence-electron chi connectivity index (χ2n) is 8.08. The molecule has 3 fully saturated rings. The number of aliphatic hydroxyl groups excluding tert-OH is 1. The van der Waals surface area contributed by atoms with Gasteiger partial charge in [0.25, 0.3) is 0 Å². The van der Waals surface area contributed by atoms with Crippen molar-refractivity contribution in [1.82, 2.24) is 9.80 Å². The first kappa shape index (κ1) is 17.2. The van der Waals surface area contributed by atoms with Crippen LogP contribution in [0.15, 0.2) is 0 Å². The third-order valence-electron chi connectivity index (χ3n) is 6.14. The summed E-state index contributed by atoms with van der Waals surface area (Å²) in [5, 5.41) is 9.06. The van der Waals surface area contributed by atoms with Crippen LogP contribution in [-0.4, -0.2) is 58.6 Å². The van der Waals surface area contributed by atoms with Gasteiger partial charge in [-0.1, -0.05) is 6.92 Å². The molecule has 2 saturated carbocycles. The Hall–Kier alpha value is -0.610. The molecule has 1 atom stereocenters. The summed E-state index contributed by atoms with van der Waals surface area (Å²) < 4.78 is 0. The van der Waals surface area contributed by atoms with Crippen LogP contribution in [0, 0.1) is 5.92 Å². The Morgan fingerprint density at radius 1 is 1.09 bits per heavy atom. The highest BCUT2D eigenvalue weighted by Crippen LogP contribution is 2.35. The zero-order chi connectivity index (χ0) is 16.2.